The number of benzene rings is 2. The molecule has 8 heteroatoms. The molecule has 0 fully saturated rings. The molecular formula is C13H7Cl2FN2O3. The van der Waals surface area contributed by atoms with Gasteiger partial charge in [-0.25, -0.2) is 0 Å². The Balaban J connectivity index is 2.30. The van der Waals surface area contributed by atoms with E-state index in [4.69, 9.17) is 23.2 Å². The fraction of sp³-hybridized carbons (Fsp3) is 0. The quantitative estimate of drug-likeness (QED) is 0.674. The Hall–Kier alpha value is -2.18. The second kappa shape index (κ2) is 6.07. The molecule has 0 aliphatic heterocycles. The van der Waals surface area contributed by atoms with Gasteiger partial charge in [0.05, 0.1) is 20.5 Å². The molecule has 0 spiro atoms. The monoisotopic (exact) mass is 328 g/mol. The largest absolute Gasteiger partial charge is 0.322 e. The Morgan fingerprint density at radius 1 is 1.24 bits per heavy atom. The summed E-state index contributed by atoms with van der Waals surface area (Å²) in [6, 6.07) is 7.53. The number of hydrogen-bond donors (Lipinski definition) is 1. The van der Waals surface area contributed by atoms with E-state index >= 15 is 0 Å². The molecule has 0 aliphatic carbocycles. The average Bonchev–Trinajstić information content (AvgIpc) is 2.43. The molecule has 0 atom stereocenters. The third kappa shape index (κ3) is 3.29. The van der Waals surface area contributed by atoms with Gasteiger partial charge in [-0.2, -0.15) is 4.39 Å². The van der Waals surface area contributed by atoms with Crippen LogP contribution in [0.4, 0.5) is 15.8 Å². The lowest BCUT2D eigenvalue weighted by Crippen LogP contribution is -2.12. The maximum atomic E-state index is 13.2. The van der Waals surface area contributed by atoms with Crippen LogP contribution in [-0.2, 0) is 0 Å². The molecule has 0 heterocycles. The zero-order valence-electron chi connectivity index (χ0n) is 10.3. The number of halogens is 3. The SMILES string of the molecule is O=C(Nc1ccc(F)c([N+](=O)[O-])c1)c1cccc(Cl)c1Cl. The summed E-state index contributed by atoms with van der Waals surface area (Å²) in [5, 5.41) is 13.3. The van der Waals surface area contributed by atoms with Crippen LogP contribution < -0.4 is 5.32 Å². The summed E-state index contributed by atoms with van der Waals surface area (Å²) >= 11 is 11.7. The van der Waals surface area contributed by atoms with Crippen molar-refractivity contribution in [2.24, 2.45) is 0 Å². The zero-order valence-corrected chi connectivity index (χ0v) is 11.8. The van der Waals surface area contributed by atoms with Crippen molar-refractivity contribution in [2.75, 3.05) is 5.32 Å². The molecule has 2 aromatic rings. The van der Waals surface area contributed by atoms with Gasteiger partial charge < -0.3 is 5.32 Å². The van der Waals surface area contributed by atoms with Crippen molar-refractivity contribution < 1.29 is 14.1 Å². The van der Waals surface area contributed by atoms with Crippen molar-refractivity contribution in [1.29, 1.82) is 0 Å². The highest BCUT2D eigenvalue weighted by molar-refractivity contribution is 6.44. The molecule has 0 radical (unpaired) electrons. The molecule has 1 amide bonds. The van der Waals surface area contributed by atoms with Crippen LogP contribution in [-0.4, -0.2) is 10.8 Å². The van der Waals surface area contributed by atoms with Gasteiger partial charge in [0.1, 0.15) is 0 Å². The first-order chi connectivity index (χ1) is 9.90. The number of carbonyl (C=O) groups excluding carboxylic acids is 1. The molecule has 5 nitrogen and oxygen atoms in total. The Morgan fingerprint density at radius 2 is 1.95 bits per heavy atom. The molecule has 2 rings (SSSR count). The highest BCUT2D eigenvalue weighted by atomic mass is 35.5. The summed E-state index contributed by atoms with van der Waals surface area (Å²) in [5.41, 5.74) is -0.551. The van der Waals surface area contributed by atoms with E-state index in [0.717, 1.165) is 12.1 Å². The Morgan fingerprint density at radius 3 is 2.62 bits per heavy atom. The highest BCUT2D eigenvalue weighted by Gasteiger charge is 2.17. The number of anilines is 1. The van der Waals surface area contributed by atoms with Crippen LogP contribution in [0.3, 0.4) is 0 Å². The molecule has 108 valence electrons. The summed E-state index contributed by atoms with van der Waals surface area (Å²) < 4.78 is 13.2. The van der Waals surface area contributed by atoms with Crippen LogP contribution in [0.25, 0.3) is 0 Å². The van der Waals surface area contributed by atoms with Crippen LogP contribution in [0.15, 0.2) is 36.4 Å². The van der Waals surface area contributed by atoms with Crippen molar-refractivity contribution in [3.63, 3.8) is 0 Å². The minimum absolute atomic E-state index is 0.0632. The lowest BCUT2D eigenvalue weighted by Gasteiger charge is -2.07. The van der Waals surface area contributed by atoms with Gasteiger partial charge in [-0.05, 0) is 24.3 Å². The van der Waals surface area contributed by atoms with Gasteiger partial charge in [-0.3, -0.25) is 14.9 Å². The molecule has 0 unspecified atom stereocenters. The van der Waals surface area contributed by atoms with E-state index in [2.05, 4.69) is 5.32 Å². The molecule has 0 aromatic heterocycles. The molecule has 0 saturated heterocycles. The van der Waals surface area contributed by atoms with E-state index in [1.165, 1.54) is 24.3 Å². The van der Waals surface area contributed by atoms with Crippen molar-refractivity contribution in [1.82, 2.24) is 0 Å². The summed E-state index contributed by atoms with van der Waals surface area (Å²) in [7, 11) is 0. The lowest BCUT2D eigenvalue weighted by atomic mass is 10.2. The first kappa shape index (κ1) is 15.2. The number of nitro groups is 1. The van der Waals surface area contributed by atoms with Crippen LogP contribution in [0, 0.1) is 15.9 Å². The number of nitrogens with one attached hydrogen (secondary N) is 1. The van der Waals surface area contributed by atoms with Gasteiger partial charge in [-0.1, -0.05) is 29.3 Å². The van der Waals surface area contributed by atoms with Crippen LogP contribution >= 0.6 is 23.2 Å². The van der Waals surface area contributed by atoms with Gasteiger partial charge in [0.25, 0.3) is 5.91 Å². The summed E-state index contributed by atoms with van der Waals surface area (Å²) in [4.78, 5) is 21.8. The molecular weight excluding hydrogens is 322 g/mol. The number of carbonyl (C=O) groups is 1. The summed E-state index contributed by atoms with van der Waals surface area (Å²) in [6.45, 7) is 0. The van der Waals surface area contributed by atoms with Crippen LogP contribution in [0.1, 0.15) is 10.4 Å². The lowest BCUT2D eigenvalue weighted by molar-refractivity contribution is -0.387. The first-order valence-electron chi connectivity index (χ1n) is 5.59. The number of hydrogen-bond acceptors (Lipinski definition) is 3. The Kier molecular flexibility index (Phi) is 4.40. The summed E-state index contributed by atoms with van der Waals surface area (Å²) in [6.07, 6.45) is 0. The smallest absolute Gasteiger partial charge is 0.306 e. The fourth-order valence-corrected chi connectivity index (χ4v) is 1.99. The highest BCUT2D eigenvalue weighted by Crippen LogP contribution is 2.27. The fourth-order valence-electron chi connectivity index (χ4n) is 1.61. The van der Waals surface area contributed by atoms with Crippen molar-refractivity contribution in [3.05, 3.63) is 67.9 Å². The Labute approximate surface area is 128 Å². The van der Waals surface area contributed by atoms with E-state index in [1.807, 2.05) is 0 Å². The molecule has 21 heavy (non-hydrogen) atoms. The number of nitro benzene ring substituents is 1. The number of nitrogens with zero attached hydrogens (tertiary/aromatic N) is 1. The number of amides is 1. The van der Waals surface area contributed by atoms with Gasteiger partial charge in [0.2, 0.25) is 5.82 Å². The maximum Gasteiger partial charge on any atom is 0.306 e. The van der Waals surface area contributed by atoms with Crippen molar-refractivity contribution >= 4 is 40.5 Å². The van der Waals surface area contributed by atoms with Gasteiger partial charge in [0.15, 0.2) is 0 Å². The van der Waals surface area contributed by atoms with E-state index in [0.29, 0.717) is 0 Å². The third-order valence-electron chi connectivity index (χ3n) is 2.60. The Bertz CT molecular complexity index is 737. The molecule has 0 saturated carbocycles. The molecule has 0 bridgehead atoms. The zero-order chi connectivity index (χ0) is 15.6. The predicted octanol–water partition coefficient (Wildman–Crippen LogP) is 4.29. The average molecular weight is 329 g/mol. The normalized spacial score (nSPS) is 10.2. The van der Waals surface area contributed by atoms with Crippen LogP contribution in [0.2, 0.25) is 10.0 Å². The minimum atomic E-state index is -0.987. The predicted molar refractivity (Wildman–Crippen MR) is 77.5 cm³/mol. The van der Waals surface area contributed by atoms with Crippen LogP contribution in [0.5, 0.6) is 0 Å². The molecule has 0 aliphatic rings. The summed E-state index contributed by atoms with van der Waals surface area (Å²) in [5.74, 6) is -1.60. The first-order valence-corrected chi connectivity index (χ1v) is 6.35. The van der Waals surface area contributed by atoms with E-state index < -0.39 is 22.3 Å². The van der Waals surface area contributed by atoms with E-state index in [-0.39, 0.29) is 21.3 Å². The van der Waals surface area contributed by atoms with Gasteiger partial charge in [-0.15, -0.1) is 0 Å². The topological polar surface area (TPSA) is 72.2 Å². The second-order valence-corrected chi connectivity index (χ2v) is 4.76. The molecule has 1 N–H and O–H groups in total. The third-order valence-corrected chi connectivity index (χ3v) is 3.42. The minimum Gasteiger partial charge on any atom is -0.322 e. The second-order valence-electron chi connectivity index (χ2n) is 3.98. The van der Waals surface area contributed by atoms with Gasteiger partial charge in [0, 0.05) is 11.8 Å². The van der Waals surface area contributed by atoms with E-state index in [9.17, 15) is 19.3 Å². The van der Waals surface area contributed by atoms with Crippen molar-refractivity contribution in [3.8, 4) is 0 Å². The van der Waals surface area contributed by atoms with Gasteiger partial charge >= 0.3 is 5.69 Å². The number of rotatable bonds is 3. The maximum absolute atomic E-state index is 13.2. The van der Waals surface area contributed by atoms with E-state index in [1.54, 1.807) is 0 Å². The van der Waals surface area contributed by atoms with Crippen molar-refractivity contribution in [2.45, 2.75) is 0 Å². The molecule has 2 aromatic carbocycles. The standard InChI is InChI=1S/C13H7Cl2FN2O3/c14-9-3-1-2-8(12(9)15)13(19)17-7-4-5-10(16)11(6-7)18(20)21/h1-6H,(H,17,19).